The minimum atomic E-state index is -1.78. The van der Waals surface area contributed by atoms with Crippen molar-refractivity contribution in [2.24, 2.45) is 0 Å². The van der Waals surface area contributed by atoms with Gasteiger partial charge in [0.2, 0.25) is 0 Å². The standard InChI is InChI=1S/C12H14O4/c1-9(13)8-12(2,15)11(14)16-10-6-4-3-5-7-10/h3-7,15H,8H2,1-2H3/t12-/m1/s1. The van der Waals surface area contributed by atoms with Crippen LogP contribution in [0.25, 0.3) is 0 Å². The summed E-state index contributed by atoms with van der Waals surface area (Å²) < 4.78 is 4.94. The van der Waals surface area contributed by atoms with Crippen LogP contribution >= 0.6 is 0 Å². The van der Waals surface area contributed by atoms with E-state index in [4.69, 9.17) is 4.74 Å². The Morgan fingerprint density at radius 3 is 2.38 bits per heavy atom. The van der Waals surface area contributed by atoms with Crippen molar-refractivity contribution in [3.8, 4) is 5.75 Å². The second-order valence-corrected chi connectivity index (χ2v) is 3.86. The second-order valence-electron chi connectivity index (χ2n) is 3.86. The van der Waals surface area contributed by atoms with Crippen LogP contribution in [0.15, 0.2) is 30.3 Å². The molecule has 0 bridgehead atoms. The molecule has 0 aromatic heterocycles. The topological polar surface area (TPSA) is 63.6 Å². The van der Waals surface area contributed by atoms with Crippen LogP contribution < -0.4 is 4.74 Å². The van der Waals surface area contributed by atoms with E-state index in [1.807, 2.05) is 0 Å². The molecule has 16 heavy (non-hydrogen) atoms. The van der Waals surface area contributed by atoms with Crippen LogP contribution in [0.4, 0.5) is 0 Å². The summed E-state index contributed by atoms with van der Waals surface area (Å²) in [7, 11) is 0. The minimum Gasteiger partial charge on any atom is -0.424 e. The van der Waals surface area contributed by atoms with E-state index >= 15 is 0 Å². The van der Waals surface area contributed by atoms with E-state index in [1.54, 1.807) is 30.3 Å². The number of carbonyl (C=O) groups is 2. The molecule has 1 atom stereocenters. The zero-order chi connectivity index (χ0) is 12.2. The molecular formula is C12H14O4. The van der Waals surface area contributed by atoms with Gasteiger partial charge in [-0.05, 0) is 26.0 Å². The first-order chi connectivity index (χ1) is 7.42. The Labute approximate surface area is 93.9 Å². The molecule has 4 heteroatoms. The molecule has 0 fully saturated rings. The van der Waals surface area contributed by atoms with Crippen LogP contribution in [0.3, 0.4) is 0 Å². The van der Waals surface area contributed by atoms with Gasteiger partial charge in [-0.2, -0.15) is 0 Å². The van der Waals surface area contributed by atoms with Gasteiger partial charge in [0, 0.05) is 6.42 Å². The number of Topliss-reactive ketones (excluding diaryl/α,β-unsaturated/α-hetero) is 1. The Morgan fingerprint density at radius 1 is 1.31 bits per heavy atom. The Bertz CT molecular complexity index is 381. The minimum absolute atomic E-state index is 0.251. The smallest absolute Gasteiger partial charge is 0.343 e. The molecule has 0 spiro atoms. The molecule has 4 nitrogen and oxygen atoms in total. The summed E-state index contributed by atoms with van der Waals surface area (Å²) in [6.45, 7) is 2.57. The van der Waals surface area contributed by atoms with Gasteiger partial charge < -0.3 is 9.84 Å². The lowest BCUT2D eigenvalue weighted by atomic mass is 10.0. The van der Waals surface area contributed by atoms with Crippen molar-refractivity contribution < 1.29 is 19.4 Å². The summed E-state index contributed by atoms with van der Waals surface area (Å²) >= 11 is 0. The Hall–Kier alpha value is -1.68. The number of hydrogen-bond donors (Lipinski definition) is 1. The van der Waals surface area contributed by atoms with Gasteiger partial charge in [0.25, 0.3) is 0 Å². The van der Waals surface area contributed by atoms with Gasteiger partial charge in [0.05, 0.1) is 0 Å². The molecule has 86 valence electrons. The molecule has 0 aliphatic rings. The first-order valence-corrected chi connectivity index (χ1v) is 4.91. The quantitative estimate of drug-likeness (QED) is 0.616. The maximum absolute atomic E-state index is 11.5. The molecular weight excluding hydrogens is 208 g/mol. The first-order valence-electron chi connectivity index (χ1n) is 4.91. The number of ether oxygens (including phenoxy) is 1. The molecule has 1 rings (SSSR count). The second kappa shape index (κ2) is 4.90. The number of hydrogen-bond acceptors (Lipinski definition) is 4. The van der Waals surface area contributed by atoms with Crippen LogP contribution in [0.1, 0.15) is 20.3 Å². The number of rotatable bonds is 4. The lowest BCUT2D eigenvalue weighted by Crippen LogP contribution is -2.40. The Balaban J connectivity index is 2.68. The molecule has 0 amide bonds. The van der Waals surface area contributed by atoms with Crippen molar-refractivity contribution in [1.82, 2.24) is 0 Å². The summed E-state index contributed by atoms with van der Waals surface area (Å²) in [5.41, 5.74) is -1.78. The zero-order valence-corrected chi connectivity index (χ0v) is 9.27. The van der Waals surface area contributed by atoms with Gasteiger partial charge in [0.1, 0.15) is 11.5 Å². The molecule has 0 unspecified atom stereocenters. The summed E-state index contributed by atoms with van der Waals surface area (Å²) in [6.07, 6.45) is -0.251. The van der Waals surface area contributed by atoms with Gasteiger partial charge in [-0.25, -0.2) is 4.79 Å². The van der Waals surface area contributed by atoms with E-state index in [1.165, 1.54) is 13.8 Å². The maximum Gasteiger partial charge on any atom is 0.343 e. The van der Waals surface area contributed by atoms with Crippen molar-refractivity contribution in [1.29, 1.82) is 0 Å². The van der Waals surface area contributed by atoms with Gasteiger partial charge in [0.15, 0.2) is 5.60 Å². The maximum atomic E-state index is 11.5. The molecule has 0 aliphatic carbocycles. The number of aliphatic hydroxyl groups is 1. The monoisotopic (exact) mass is 222 g/mol. The number of para-hydroxylation sites is 1. The van der Waals surface area contributed by atoms with Crippen molar-refractivity contribution >= 4 is 11.8 Å². The predicted octanol–water partition coefficient (Wildman–Crippen LogP) is 1.32. The third kappa shape index (κ3) is 3.47. The number of benzene rings is 1. The van der Waals surface area contributed by atoms with Crippen LogP contribution in [0.5, 0.6) is 5.75 Å². The summed E-state index contributed by atoms with van der Waals surface area (Å²) in [5.74, 6) is -0.750. The van der Waals surface area contributed by atoms with E-state index in [9.17, 15) is 14.7 Å². The van der Waals surface area contributed by atoms with Crippen LogP contribution in [0, 0.1) is 0 Å². The predicted molar refractivity (Wildman–Crippen MR) is 58.0 cm³/mol. The Morgan fingerprint density at radius 2 is 1.88 bits per heavy atom. The third-order valence-electron chi connectivity index (χ3n) is 1.99. The lowest BCUT2D eigenvalue weighted by Gasteiger charge is -2.19. The number of carbonyl (C=O) groups excluding carboxylic acids is 2. The molecule has 0 radical (unpaired) electrons. The van der Waals surface area contributed by atoms with E-state index < -0.39 is 11.6 Å². The summed E-state index contributed by atoms with van der Waals surface area (Å²) in [4.78, 5) is 22.4. The molecule has 0 saturated carbocycles. The number of esters is 1. The molecule has 0 heterocycles. The summed E-state index contributed by atoms with van der Waals surface area (Å²) in [5, 5.41) is 9.72. The van der Waals surface area contributed by atoms with Gasteiger partial charge in [-0.1, -0.05) is 18.2 Å². The highest BCUT2D eigenvalue weighted by Crippen LogP contribution is 2.16. The van der Waals surface area contributed by atoms with E-state index in [2.05, 4.69) is 0 Å². The highest BCUT2D eigenvalue weighted by molar-refractivity contribution is 5.88. The van der Waals surface area contributed by atoms with E-state index in [0.717, 1.165) is 0 Å². The van der Waals surface area contributed by atoms with Crippen molar-refractivity contribution in [3.63, 3.8) is 0 Å². The Kier molecular flexibility index (Phi) is 3.79. The highest BCUT2D eigenvalue weighted by atomic mass is 16.6. The van der Waals surface area contributed by atoms with Gasteiger partial charge in [-0.3, -0.25) is 4.79 Å². The first kappa shape index (κ1) is 12.4. The van der Waals surface area contributed by atoms with Crippen LogP contribution in [-0.4, -0.2) is 22.5 Å². The van der Waals surface area contributed by atoms with Gasteiger partial charge >= 0.3 is 5.97 Å². The molecule has 0 saturated heterocycles. The normalized spacial score (nSPS) is 13.9. The molecule has 0 aliphatic heterocycles. The number of ketones is 1. The average molecular weight is 222 g/mol. The van der Waals surface area contributed by atoms with Crippen molar-refractivity contribution in [2.75, 3.05) is 0 Å². The highest BCUT2D eigenvalue weighted by Gasteiger charge is 2.33. The van der Waals surface area contributed by atoms with E-state index in [0.29, 0.717) is 5.75 Å². The van der Waals surface area contributed by atoms with Crippen molar-refractivity contribution in [2.45, 2.75) is 25.9 Å². The van der Waals surface area contributed by atoms with Crippen molar-refractivity contribution in [3.05, 3.63) is 30.3 Å². The largest absolute Gasteiger partial charge is 0.424 e. The zero-order valence-electron chi connectivity index (χ0n) is 9.27. The average Bonchev–Trinajstić information content (AvgIpc) is 2.17. The molecule has 1 aromatic rings. The summed E-state index contributed by atoms with van der Waals surface area (Å²) in [6, 6.07) is 8.40. The third-order valence-corrected chi connectivity index (χ3v) is 1.99. The fourth-order valence-corrected chi connectivity index (χ4v) is 1.26. The van der Waals surface area contributed by atoms with Gasteiger partial charge in [-0.15, -0.1) is 0 Å². The fraction of sp³-hybridized carbons (Fsp3) is 0.333. The van der Waals surface area contributed by atoms with E-state index in [-0.39, 0.29) is 12.2 Å². The van der Waals surface area contributed by atoms with Crippen LogP contribution in [0.2, 0.25) is 0 Å². The SMILES string of the molecule is CC(=O)C[C@@](C)(O)C(=O)Oc1ccccc1. The fourth-order valence-electron chi connectivity index (χ4n) is 1.26. The van der Waals surface area contributed by atoms with Crippen LogP contribution in [-0.2, 0) is 9.59 Å². The lowest BCUT2D eigenvalue weighted by molar-refractivity contribution is -0.156. The molecule has 1 N–H and O–H groups in total. The molecule has 1 aromatic carbocycles.